The van der Waals surface area contributed by atoms with Crippen LogP contribution in [0.2, 0.25) is 0 Å². The molecular formula is C24H34N8O6S. The summed E-state index contributed by atoms with van der Waals surface area (Å²) in [5.41, 5.74) is 5.98. The second-order valence-electron chi connectivity index (χ2n) is 10.8. The van der Waals surface area contributed by atoms with E-state index in [9.17, 15) is 24.3 Å². The summed E-state index contributed by atoms with van der Waals surface area (Å²) in [6, 6.07) is -0.514. The highest BCUT2D eigenvalue weighted by atomic mass is 32.2. The number of ether oxygens (including phenoxy) is 1. The average molecular weight is 563 g/mol. The number of thioether (sulfide) groups is 1. The summed E-state index contributed by atoms with van der Waals surface area (Å²) in [4.78, 5) is 55.0. The van der Waals surface area contributed by atoms with Crippen molar-refractivity contribution in [2.45, 2.75) is 63.0 Å². The first-order valence-electron chi connectivity index (χ1n) is 13.2. The van der Waals surface area contributed by atoms with Gasteiger partial charge < -0.3 is 30.7 Å². The van der Waals surface area contributed by atoms with E-state index in [1.54, 1.807) is 4.90 Å². The zero-order valence-corrected chi connectivity index (χ0v) is 23.0. The fourth-order valence-electron chi connectivity index (χ4n) is 6.30. The highest BCUT2D eigenvalue weighted by molar-refractivity contribution is 8.03. The molecule has 0 aromatic carbocycles. The van der Waals surface area contributed by atoms with E-state index >= 15 is 0 Å². The Balaban J connectivity index is 1.23. The number of tetrazole rings is 1. The van der Waals surface area contributed by atoms with E-state index in [1.807, 2.05) is 13.8 Å². The van der Waals surface area contributed by atoms with Crippen LogP contribution < -0.4 is 15.8 Å². The fraction of sp³-hybridized carbons (Fsp3) is 0.708. The van der Waals surface area contributed by atoms with E-state index in [2.05, 4.69) is 20.8 Å². The van der Waals surface area contributed by atoms with Gasteiger partial charge in [-0.25, -0.2) is 4.79 Å². The molecule has 4 N–H and O–H groups in total. The van der Waals surface area contributed by atoms with Gasteiger partial charge in [0.15, 0.2) is 5.78 Å². The van der Waals surface area contributed by atoms with Crippen molar-refractivity contribution >= 4 is 35.3 Å². The third-order valence-electron chi connectivity index (χ3n) is 8.18. The Morgan fingerprint density at radius 2 is 2.10 bits per heavy atom. The van der Waals surface area contributed by atoms with Crippen molar-refractivity contribution in [2.75, 3.05) is 26.7 Å². The molecule has 14 nitrogen and oxygen atoms in total. The Morgan fingerprint density at radius 1 is 1.33 bits per heavy atom. The van der Waals surface area contributed by atoms with Crippen LogP contribution in [0.5, 0.6) is 6.01 Å². The number of hydrogen-bond donors (Lipinski definition) is 3. The van der Waals surface area contributed by atoms with Gasteiger partial charge in [-0.1, -0.05) is 18.9 Å². The molecule has 4 aliphatic rings. The minimum atomic E-state index is -1.14. The monoisotopic (exact) mass is 562 g/mol. The van der Waals surface area contributed by atoms with Crippen molar-refractivity contribution in [1.29, 1.82) is 0 Å². The van der Waals surface area contributed by atoms with Crippen molar-refractivity contribution in [3.05, 3.63) is 10.6 Å². The summed E-state index contributed by atoms with van der Waals surface area (Å²) in [6.07, 6.45) is 1.50. The van der Waals surface area contributed by atoms with Crippen LogP contribution >= 0.6 is 11.8 Å². The molecule has 212 valence electrons. The van der Waals surface area contributed by atoms with Gasteiger partial charge in [0.25, 0.3) is 0 Å². The lowest BCUT2D eigenvalue weighted by Crippen LogP contribution is -2.62. The Bertz CT molecular complexity index is 1200. The minimum absolute atomic E-state index is 0.000417. The number of nitrogens with two attached hydrogens (primary N) is 1. The summed E-state index contributed by atoms with van der Waals surface area (Å²) in [7, 11) is 1.41. The number of β-lactam (4-membered cyclic amide) rings is 1. The van der Waals surface area contributed by atoms with Crippen molar-refractivity contribution in [3.63, 3.8) is 0 Å². The molecule has 0 saturated carbocycles. The summed E-state index contributed by atoms with van der Waals surface area (Å²) >= 11 is 1.45. The molecule has 0 bridgehead atoms. The van der Waals surface area contributed by atoms with Gasteiger partial charge >= 0.3 is 12.0 Å². The highest BCUT2D eigenvalue weighted by Crippen LogP contribution is 2.53. The molecule has 7 atom stereocenters. The number of methoxy groups -OCH3 is 1. The lowest BCUT2D eigenvalue weighted by Gasteiger charge is -2.47. The van der Waals surface area contributed by atoms with Crippen LogP contribution in [0.1, 0.15) is 33.1 Å². The summed E-state index contributed by atoms with van der Waals surface area (Å²) in [5, 5.41) is 24.3. The van der Waals surface area contributed by atoms with E-state index in [1.165, 1.54) is 28.5 Å². The van der Waals surface area contributed by atoms with Crippen molar-refractivity contribution in [1.82, 2.24) is 35.3 Å². The van der Waals surface area contributed by atoms with Gasteiger partial charge in [0.2, 0.25) is 11.8 Å². The maximum atomic E-state index is 13.2. The number of aromatic nitrogens is 4. The number of hydrogen-bond acceptors (Lipinski definition) is 11. The largest absolute Gasteiger partial charge is 0.477 e. The summed E-state index contributed by atoms with van der Waals surface area (Å²) in [6.45, 7) is 5.48. The molecule has 3 fully saturated rings. The lowest BCUT2D eigenvalue weighted by atomic mass is 9.73. The van der Waals surface area contributed by atoms with Crippen LogP contribution in [0.4, 0.5) is 0 Å². The Hall–Kier alpha value is -3.04. The van der Waals surface area contributed by atoms with Gasteiger partial charge in [-0.15, -0.1) is 11.8 Å². The lowest BCUT2D eigenvalue weighted by molar-refractivity contribution is -0.160. The van der Waals surface area contributed by atoms with Gasteiger partial charge in [-0.05, 0) is 29.2 Å². The standard InChI is InChI=1S/C24H34N8O6S/c1-11(6-14(33)10-31-24(38-3)27-28-29-31)17-18-12(2)20(19(23(36)37)32(18)22(17)35)39-15-7-16(26-8-15)21(34)30-5-4-13(25)9-30/h11-13,15-18,26H,4-10,25H2,1-3H3,(H,36,37)/t11-,12+,13+,15-,16-,17+,18+/m0/s1. The number of nitrogens with zero attached hydrogens (tertiary/aromatic N) is 6. The smallest absolute Gasteiger partial charge is 0.353 e. The maximum Gasteiger partial charge on any atom is 0.353 e. The molecule has 1 aromatic rings. The van der Waals surface area contributed by atoms with E-state index in [0.29, 0.717) is 31.0 Å². The molecule has 5 heterocycles. The number of carbonyl (C=O) groups excluding carboxylic acids is 3. The molecular weight excluding hydrogens is 528 g/mol. The van der Waals surface area contributed by atoms with E-state index < -0.39 is 11.9 Å². The number of Topliss-reactive ketones (excluding diaryl/α,β-unsaturated/α-hetero) is 1. The molecule has 0 unspecified atom stereocenters. The van der Waals surface area contributed by atoms with Gasteiger partial charge in [0.05, 0.1) is 25.1 Å². The topological polar surface area (TPSA) is 186 Å². The van der Waals surface area contributed by atoms with Gasteiger partial charge in [-0.3, -0.25) is 14.4 Å². The van der Waals surface area contributed by atoms with Crippen LogP contribution in [0.15, 0.2) is 10.6 Å². The number of likely N-dealkylation sites (tertiary alicyclic amines) is 1. The first kappa shape index (κ1) is 27.5. The number of carboxylic acid groups (broad SMARTS) is 1. The molecule has 3 saturated heterocycles. The first-order valence-corrected chi connectivity index (χ1v) is 14.0. The predicted octanol–water partition coefficient (Wildman–Crippen LogP) is -0.927. The van der Waals surface area contributed by atoms with Crippen LogP contribution in [-0.2, 0) is 25.7 Å². The maximum absolute atomic E-state index is 13.2. The SMILES string of the molecule is COc1nnnn1CC(=O)C[C@H](C)[C@H]1C(=O)N2C(C(=O)O)=C(S[C@@H]3CN[C@H](C(=O)N4CC[C@@H](N)C4)C3)[C@H](C)[C@H]12. The minimum Gasteiger partial charge on any atom is -0.477 e. The van der Waals surface area contributed by atoms with E-state index in [-0.39, 0.29) is 77.5 Å². The molecule has 5 rings (SSSR count). The third kappa shape index (κ3) is 5.02. The number of rotatable bonds is 10. The summed E-state index contributed by atoms with van der Waals surface area (Å²) < 4.78 is 6.29. The Labute approximate surface area is 229 Å². The molecule has 4 aliphatic heterocycles. The highest BCUT2D eigenvalue weighted by Gasteiger charge is 2.60. The van der Waals surface area contributed by atoms with E-state index in [0.717, 1.165) is 6.42 Å². The molecule has 2 amide bonds. The number of ketones is 1. The zero-order valence-electron chi connectivity index (χ0n) is 22.1. The molecule has 39 heavy (non-hydrogen) atoms. The average Bonchev–Trinajstić information content (AvgIpc) is 3.67. The normalized spacial score (nSPS) is 30.9. The Morgan fingerprint density at radius 3 is 2.77 bits per heavy atom. The van der Waals surface area contributed by atoms with Gasteiger partial charge in [0.1, 0.15) is 12.2 Å². The number of carbonyl (C=O) groups is 4. The van der Waals surface area contributed by atoms with E-state index in [4.69, 9.17) is 10.5 Å². The van der Waals surface area contributed by atoms with Crippen molar-refractivity contribution < 1.29 is 29.0 Å². The quantitative estimate of drug-likeness (QED) is 0.298. The van der Waals surface area contributed by atoms with Gasteiger partial charge in [0, 0.05) is 48.2 Å². The number of aliphatic carboxylic acids is 1. The molecule has 0 aliphatic carbocycles. The number of nitrogens with one attached hydrogen (secondary N) is 1. The molecule has 0 spiro atoms. The Kier molecular flexibility index (Phi) is 7.66. The third-order valence-corrected chi connectivity index (χ3v) is 9.69. The second kappa shape index (κ2) is 10.8. The molecule has 1 aromatic heterocycles. The summed E-state index contributed by atoms with van der Waals surface area (Å²) in [5.74, 6) is -2.50. The molecule has 0 radical (unpaired) electrons. The van der Waals surface area contributed by atoms with Crippen LogP contribution in [0.25, 0.3) is 0 Å². The second-order valence-corrected chi connectivity index (χ2v) is 12.2. The zero-order chi connectivity index (χ0) is 28.0. The van der Waals surface area contributed by atoms with Crippen molar-refractivity contribution in [2.24, 2.45) is 23.5 Å². The van der Waals surface area contributed by atoms with Crippen LogP contribution in [0, 0.1) is 17.8 Å². The molecule has 15 heteroatoms. The fourth-order valence-corrected chi connectivity index (χ4v) is 7.77. The van der Waals surface area contributed by atoms with Crippen LogP contribution in [0.3, 0.4) is 0 Å². The van der Waals surface area contributed by atoms with Gasteiger partial charge in [-0.2, -0.15) is 4.68 Å². The first-order chi connectivity index (χ1) is 18.6. The number of carboxylic acids is 1. The van der Waals surface area contributed by atoms with Crippen LogP contribution in [-0.4, -0.2) is 109 Å². The van der Waals surface area contributed by atoms with Crippen molar-refractivity contribution in [3.8, 4) is 6.01 Å². The number of amides is 2. The predicted molar refractivity (Wildman–Crippen MR) is 138 cm³/mol. The number of fused-ring (bicyclic) bond motifs is 1.